The van der Waals surface area contributed by atoms with Gasteiger partial charge < -0.3 is 16.0 Å². The second-order valence-corrected chi connectivity index (χ2v) is 6.63. The number of nitrogen functional groups attached to an aromatic ring is 1. The molecule has 1 aromatic carbocycles. The number of hydrogen-bond donors (Lipinski definition) is 2. The van der Waals surface area contributed by atoms with Crippen LogP contribution in [0, 0.1) is 0 Å². The highest BCUT2D eigenvalue weighted by atomic mass is 79.9. The smallest absolute Gasteiger partial charge is 0.254 e. The molecule has 0 spiro atoms. The van der Waals surface area contributed by atoms with Gasteiger partial charge in [-0.2, -0.15) is 0 Å². The van der Waals surface area contributed by atoms with Crippen molar-refractivity contribution in [1.29, 1.82) is 0 Å². The Labute approximate surface area is 132 Å². The highest BCUT2D eigenvalue weighted by Gasteiger charge is 2.36. The molecule has 1 atom stereocenters. The van der Waals surface area contributed by atoms with Crippen LogP contribution in [0.3, 0.4) is 0 Å². The molecule has 1 aromatic rings. The molecule has 21 heavy (non-hydrogen) atoms. The Morgan fingerprint density at radius 1 is 1.24 bits per heavy atom. The van der Waals surface area contributed by atoms with Crippen molar-refractivity contribution in [2.45, 2.75) is 37.8 Å². The van der Waals surface area contributed by atoms with Gasteiger partial charge in [-0.05, 0) is 43.9 Å². The van der Waals surface area contributed by atoms with Crippen LogP contribution in [0.15, 0.2) is 22.7 Å². The second-order valence-electron chi connectivity index (χ2n) is 5.71. The number of rotatable bonds is 3. The summed E-state index contributed by atoms with van der Waals surface area (Å²) in [5.74, 6) is -0.150. The molecule has 0 bridgehead atoms. The van der Waals surface area contributed by atoms with Gasteiger partial charge in [-0.1, -0.05) is 15.9 Å². The maximum Gasteiger partial charge on any atom is 0.254 e. The van der Waals surface area contributed by atoms with Crippen LogP contribution in [0.5, 0.6) is 0 Å². The van der Waals surface area contributed by atoms with Crippen LogP contribution in [0.4, 0.5) is 5.69 Å². The van der Waals surface area contributed by atoms with Crippen molar-refractivity contribution in [3.05, 3.63) is 28.2 Å². The molecule has 112 valence electrons. The predicted octanol–water partition coefficient (Wildman–Crippen LogP) is 1.91. The van der Waals surface area contributed by atoms with Gasteiger partial charge in [0.15, 0.2) is 0 Å². The quantitative estimate of drug-likeness (QED) is 0.816. The number of nitrogens with one attached hydrogen (secondary N) is 1. The molecule has 2 aliphatic rings. The van der Waals surface area contributed by atoms with Crippen molar-refractivity contribution in [3.63, 3.8) is 0 Å². The minimum absolute atomic E-state index is 0.0219. The van der Waals surface area contributed by atoms with Crippen molar-refractivity contribution in [2.75, 3.05) is 12.3 Å². The zero-order chi connectivity index (χ0) is 15.0. The first-order valence-electron chi connectivity index (χ1n) is 7.22. The number of nitrogens with zero attached hydrogens (tertiary/aromatic N) is 1. The van der Waals surface area contributed by atoms with Crippen molar-refractivity contribution >= 4 is 33.4 Å². The summed E-state index contributed by atoms with van der Waals surface area (Å²) in [6.45, 7) is 0.619. The lowest BCUT2D eigenvalue weighted by Gasteiger charge is -2.24. The van der Waals surface area contributed by atoms with E-state index in [1.54, 1.807) is 23.1 Å². The van der Waals surface area contributed by atoms with E-state index in [-0.39, 0.29) is 17.9 Å². The van der Waals surface area contributed by atoms with Gasteiger partial charge in [-0.15, -0.1) is 0 Å². The number of amides is 2. The lowest BCUT2D eigenvalue weighted by molar-refractivity contribution is -0.125. The number of carbonyl (C=O) groups excluding carboxylic acids is 2. The monoisotopic (exact) mass is 351 g/mol. The lowest BCUT2D eigenvalue weighted by atomic mass is 10.1. The van der Waals surface area contributed by atoms with Crippen LogP contribution in [-0.4, -0.2) is 35.3 Å². The summed E-state index contributed by atoms with van der Waals surface area (Å²) in [4.78, 5) is 26.5. The summed E-state index contributed by atoms with van der Waals surface area (Å²) < 4.78 is 0.768. The van der Waals surface area contributed by atoms with Crippen molar-refractivity contribution in [2.24, 2.45) is 0 Å². The molecule has 1 saturated carbocycles. The maximum atomic E-state index is 12.6. The van der Waals surface area contributed by atoms with E-state index < -0.39 is 0 Å². The first kappa shape index (κ1) is 14.4. The van der Waals surface area contributed by atoms with Crippen LogP contribution >= 0.6 is 15.9 Å². The lowest BCUT2D eigenvalue weighted by Crippen LogP contribution is -2.46. The van der Waals surface area contributed by atoms with E-state index in [4.69, 9.17) is 5.73 Å². The number of anilines is 1. The van der Waals surface area contributed by atoms with Crippen LogP contribution in [0.25, 0.3) is 0 Å². The Balaban J connectivity index is 1.77. The topological polar surface area (TPSA) is 75.4 Å². The maximum absolute atomic E-state index is 12.6. The molecule has 2 fully saturated rings. The standard InChI is InChI=1S/C15H18BrN3O2/c16-10-6-9(7-11(17)8-10)15(21)19-5-1-2-13(19)14(20)18-12-3-4-12/h6-8,12-13H,1-5,17H2,(H,18,20). The van der Waals surface area contributed by atoms with Crippen molar-refractivity contribution in [1.82, 2.24) is 10.2 Å². The van der Waals surface area contributed by atoms with E-state index >= 15 is 0 Å². The number of carbonyl (C=O) groups is 2. The molecule has 0 radical (unpaired) electrons. The fourth-order valence-electron chi connectivity index (χ4n) is 2.71. The first-order chi connectivity index (χ1) is 10.0. The molecule has 1 heterocycles. The van der Waals surface area contributed by atoms with Crippen molar-refractivity contribution in [3.8, 4) is 0 Å². The number of benzene rings is 1. The minimum Gasteiger partial charge on any atom is -0.399 e. The number of likely N-dealkylation sites (tertiary alicyclic amines) is 1. The molecule has 1 aliphatic heterocycles. The second kappa shape index (κ2) is 5.67. The summed E-state index contributed by atoms with van der Waals surface area (Å²) in [6, 6.07) is 5.11. The Bertz CT molecular complexity index is 566. The molecule has 2 amide bonds. The highest BCUT2D eigenvalue weighted by Crippen LogP contribution is 2.25. The number of halogens is 1. The molecule has 1 saturated heterocycles. The summed E-state index contributed by atoms with van der Waals surface area (Å²) in [6.07, 6.45) is 3.69. The van der Waals surface area contributed by atoms with E-state index in [0.29, 0.717) is 23.8 Å². The van der Waals surface area contributed by atoms with Gasteiger partial charge in [0.05, 0.1) is 0 Å². The summed E-state index contributed by atoms with van der Waals surface area (Å²) in [5.41, 5.74) is 6.84. The summed E-state index contributed by atoms with van der Waals surface area (Å²) in [7, 11) is 0. The zero-order valence-corrected chi connectivity index (χ0v) is 13.2. The molecule has 1 unspecified atom stereocenters. The first-order valence-corrected chi connectivity index (χ1v) is 8.01. The van der Waals surface area contributed by atoms with E-state index in [9.17, 15) is 9.59 Å². The van der Waals surface area contributed by atoms with E-state index in [2.05, 4.69) is 21.2 Å². The van der Waals surface area contributed by atoms with E-state index in [0.717, 1.165) is 30.2 Å². The Morgan fingerprint density at radius 2 is 2.00 bits per heavy atom. The van der Waals surface area contributed by atoms with Crippen LogP contribution in [0.2, 0.25) is 0 Å². The van der Waals surface area contributed by atoms with Crippen LogP contribution in [0.1, 0.15) is 36.0 Å². The third-order valence-electron chi connectivity index (χ3n) is 3.91. The summed E-state index contributed by atoms with van der Waals surface area (Å²) in [5, 5.41) is 2.99. The van der Waals surface area contributed by atoms with Gasteiger partial charge in [0.2, 0.25) is 5.91 Å². The van der Waals surface area contributed by atoms with E-state index in [1.165, 1.54) is 0 Å². The molecular formula is C15H18BrN3O2. The fourth-order valence-corrected chi connectivity index (χ4v) is 3.22. The van der Waals surface area contributed by atoms with Crippen LogP contribution < -0.4 is 11.1 Å². The van der Waals surface area contributed by atoms with Crippen molar-refractivity contribution < 1.29 is 9.59 Å². The SMILES string of the molecule is Nc1cc(Br)cc(C(=O)N2CCCC2C(=O)NC2CC2)c1. The third-order valence-corrected chi connectivity index (χ3v) is 4.36. The number of nitrogens with two attached hydrogens (primary N) is 1. The summed E-state index contributed by atoms with van der Waals surface area (Å²) >= 11 is 3.34. The highest BCUT2D eigenvalue weighted by molar-refractivity contribution is 9.10. The molecule has 6 heteroatoms. The van der Waals surface area contributed by atoms with Gasteiger partial charge in [0, 0.05) is 28.3 Å². The largest absolute Gasteiger partial charge is 0.399 e. The third kappa shape index (κ3) is 3.20. The molecule has 0 aromatic heterocycles. The fraction of sp³-hybridized carbons (Fsp3) is 0.467. The minimum atomic E-state index is -0.349. The van der Waals surface area contributed by atoms with E-state index in [1.807, 2.05) is 0 Å². The average Bonchev–Trinajstić information content (AvgIpc) is 3.09. The van der Waals surface area contributed by atoms with Gasteiger partial charge in [0.1, 0.15) is 6.04 Å². The molecule has 1 aliphatic carbocycles. The zero-order valence-electron chi connectivity index (χ0n) is 11.6. The number of hydrogen-bond acceptors (Lipinski definition) is 3. The molecule has 3 rings (SSSR count). The molecule has 5 nitrogen and oxygen atoms in total. The van der Waals surface area contributed by atoms with Gasteiger partial charge in [0.25, 0.3) is 5.91 Å². The Hall–Kier alpha value is -1.56. The molecule has 3 N–H and O–H groups in total. The predicted molar refractivity (Wildman–Crippen MR) is 83.8 cm³/mol. The van der Waals surface area contributed by atoms with Gasteiger partial charge >= 0.3 is 0 Å². The Kier molecular flexibility index (Phi) is 3.89. The normalized spacial score (nSPS) is 21.4. The Morgan fingerprint density at radius 3 is 2.67 bits per heavy atom. The van der Waals surface area contributed by atoms with Gasteiger partial charge in [-0.25, -0.2) is 0 Å². The van der Waals surface area contributed by atoms with Gasteiger partial charge in [-0.3, -0.25) is 9.59 Å². The van der Waals surface area contributed by atoms with Crippen LogP contribution in [-0.2, 0) is 4.79 Å². The average molecular weight is 352 g/mol. The molecular weight excluding hydrogens is 334 g/mol.